The average Bonchev–Trinajstić information content (AvgIpc) is 3.38. The summed E-state index contributed by atoms with van der Waals surface area (Å²) in [6.07, 6.45) is 5.90. The number of amides is 2. The van der Waals surface area contributed by atoms with Crippen LogP contribution in [0.5, 0.6) is 5.75 Å². The van der Waals surface area contributed by atoms with Gasteiger partial charge in [-0.1, -0.05) is 31.5 Å². The molecule has 1 saturated heterocycles. The second-order valence-electron chi connectivity index (χ2n) is 11.6. The number of rotatable bonds is 7. The molecule has 42 heavy (non-hydrogen) atoms. The predicted octanol–water partition coefficient (Wildman–Crippen LogP) is 4.64. The molecular formula is C31H34ClN7O3. The first-order valence-electron chi connectivity index (χ1n) is 14.3. The standard InChI is InChI=1S/C31H34ClN7O3/c1-18(2)12-24-29(30(33)41)28(23-15-35-39(31(23)36-24)22-8-10-37(3)11-9-22)19-4-7-25-26(13-19)42-17-27(40)38(25)16-21-6-5-20(32)14-34-21/h4-7,13-15,18,22H,8-12,16-17H2,1-3H3,(H2,33,41). The van der Waals surface area contributed by atoms with Crippen LogP contribution in [-0.2, 0) is 17.8 Å². The molecule has 0 unspecified atom stereocenters. The molecule has 2 amide bonds. The van der Waals surface area contributed by atoms with Crippen LogP contribution in [0.2, 0.25) is 5.02 Å². The van der Waals surface area contributed by atoms with E-state index in [0.717, 1.165) is 42.5 Å². The van der Waals surface area contributed by atoms with Crippen LogP contribution >= 0.6 is 11.6 Å². The highest BCUT2D eigenvalue weighted by Gasteiger charge is 2.30. The molecule has 0 bridgehead atoms. The summed E-state index contributed by atoms with van der Waals surface area (Å²) >= 11 is 6.00. The van der Waals surface area contributed by atoms with E-state index in [-0.39, 0.29) is 31.0 Å². The molecule has 0 spiro atoms. The second kappa shape index (κ2) is 11.3. The Kier molecular flexibility index (Phi) is 7.59. The third kappa shape index (κ3) is 5.32. The molecule has 2 aliphatic rings. The average molecular weight is 588 g/mol. The van der Waals surface area contributed by atoms with Crippen molar-refractivity contribution in [3.63, 3.8) is 0 Å². The summed E-state index contributed by atoms with van der Waals surface area (Å²) in [5.74, 6) is 0.0872. The maximum absolute atomic E-state index is 13.0. The lowest BCUT2D eigenvalue weighted by molar-refractivity contribution is -0.121. The lowest BCUT2D eigenvalue weighted by Crippen LogP contribution is -2.38. The number of benzene rings is 1. The summed E-state index contributed by atoms with van der Waals surface area (Å²) in [6, 6.07) is 9.38. The van der Waals surface area contributed by atoms with Crippen LogP contribution in [0.15, 0.2) is 42.7 Å². The number of pyridine rings is 2. The monoisotopic (exact) mass is 587 g/mol. The van der Waals surface area contributed by atoms with Crippen LogP contribution in [0.1, 0.15) is 54.5 Å². The summed E-state index contributed by atoms with van der Waals surface area (Å²) in [7, 11) is 2.13. The van der Waals surface area contributed by atoms with E-state index in [4.69, 9.17) is 32.2 Å². The highest BCUT2D eigenvalue weighted by atomic mass is 35.5. The maximum Gasteiger partial charge on any atom is 0.265 e. The lowest BCUT2D eigenvalue weighted by Gasteiger charge is -2.30. The molecule has 4 aromatic rings. The van der Waals surface area contributed by atoms with Gasteiger partial charge in [0.15, 0.2) is 12.3 Å². The number of fused-ring (bicyclic) bond motifs is 2. The summed E-state index contributed by atoms with van der Waals surface area (Å²) < 4.78 is 7.94. The van der Waals surface area contributed by atoms with Gasteiger partial charge in [-0.2, -0.15) is 5.10 Å². The summed E-state index contributed by atoms with van der Waals surface area (Å²) in [5.41, 5.74) is 10.6. The van der Waals surface area contributed by atoms with Crippen LogP contribution in [-0.4, -0.2) is 63.2 Å². The van der Waals surface area contributed by atoms with Gasteiger partial charge in [-0.05, 0) is 75.1 Å². The van der Waals surface area contributed by atoms with Crippen molar-refractivity contribution < 1.29 is 14.3 Å². The Bertz CT molecular complexity index is 1660. The molecular weight excluding hydrogens is 554 g/mol. The number of carbonyl (C=O) groups excluding carboxylic acids is 2. The smallest absolute Gasteiger partial charge is 0.265 e. The van der Waals surface area contributed by atoms with Crippen molar-refractivity contribution in [1.82, 2.24) is 24.6 Å². The van der Waals surface area contributed by atoms with Gasteiger partial charge in [-0.15, -0.1) is 0 Å². The number of primary amides is 1. The maximum atomic E-state index is 13.0. The topological polar surface area (TPSA) is 119 Å². The molecule has 0 aliphatic carbocycles. The normalized spacial score (nSPS) is 16.2. The fourth-order valence-corrected chi connectivity index (χ4v) is 6.02. The lowest BCUT2D eigenvalue weighted by atomic mass is 9.92. The number of carbonyl (C=O) groups is 2. The SMILES string of the molecule is CC(C)Cc1nc2c(cnn2C2CCN(C)CC2)c(-c2ccc3c(c2)OCC(=O)N3Cc2ccc(Cl)cn2)c1C(N)=O. The van der Waals surface area contributed by atoms with Gasteiger partial charge in [0.2, 0.25) is 0 Å². The minimum absolute atomic E-state index is 0.106. The Morgan fingerprint density at radius 1 is 1.17 bits per heavy atom. The molecule has 10 nitrogen and oxygen atoms in total. The number of piperidine rings is 1. The number of anilines is 1. The second-order valence-corrected chi connectivity index (χ2v) is 12.0. The quantitative estimate of drug-likeness (QED) is 0.334. The van der Waals surface area contributed by atoms with E-state index in [0.29, 0.717) is 45.4 Å². The zero-order chi connectivity index (χ0) is 29.5. The number of nitrogens with two attached hydrogens (primary N) is 1. The molecule has 2 aliphatic heterocycles. The fourth-order valence-electron chi connectivity index (χ4n) is 5.91. The van der Waals surface area contributed by atoms with E-state index in [1.165, 1.54) is 0 Å². The summed E-state index contributed by atoms with van der Waals surface area (Å²) in [5, 5.41) is 6.09. The first-order chi connectivity index (χ1) is 20.2. The Morgan fingerprint density at radius 2 is 1.95 bits per heavy atom. The number of halogens is 1. The minimum Gasteiger partial charge on any atom is -0.482 e. The van der Waals surface area contributed by atoms with E-state index in [9.17, 15) is 9.59 Å². The van der Waals surface area contributed by atoms with Crippen LogP contribution < -0.4 is 15.4 Å². The number of hydrogen-bond donors (Lipinski definition) is 1. The minimum atomic E-state index is -0.536. The van der Waals surface area contributed by atoms with Gasteiger partial charge in [-0.25, -0.2) is 9.67 Å². The molecule has 0 saturated carbocycles. The molecule has 0 atom stereocenters. The van der Waals surface area contributed by atoms with Gasteiger partial charge in [0.05, 0.1) is 46.4 Å². The van der Waals surface area contributed by atoms with E-state index < -0.39 is 5.91 Å². The molecule has 218 valence electrons. The summed E-state index contributed by atoms with van der Waals surface area (Å²) in [6.45, 7) is 6.34. The Morgan fingerprint density at radius 3 is 2.64 bits per heavy atom. The van der Waals surface area contributed by atoms with E-state index in [1.54, 1.807) is 29.4 Å². The van der Waals surface area contributed by atoms with Crippen LogP contribution in [0.3, 0.4) is 0 Å². The van der Waals surface area contributed by atoms with E-state index in [2.05, 4.69) is 30.8 Å². The van der Waals surface area contributed by atoms with Crippen molar-refractivity contribution >= 4 is 40.1 Å². The number of aromatic nitrogens is 4. The molecule has 5 heterocycles. The molecule has 1 aromatic carbocycles. The summed E-state index contributed by atoms with van der Waals surface area (Å²) in [4.78, 5) is 39.3. The number of hydrogen-bond acceptors (Lipinski definition) is 7. The highest BCUT2D eigenvalue weighted by molar-refractivity contribution is 6.30. The third-order valence-corrected chi connectivity index (χ3v) is 8.22. The van der Waals surface area contributed by atoms with E-state index in [1.807, 2.05) is 22.9 Å². The Balaban J connectivity index is 1.48. The van der Waals surface area contributed by atoms with Crippen molar-refractivity contribution in [2.45, 2.75) is 45.7 Å². The van der Waals surface area contributed by atoms with Gasteiger partial charge in [0.25, 0.3) is 11.8 Å². The first kappa shape index (κ1) is 28.1. The Hall–Kier alpha value is -4.02. The van der Waals surface area contributed by atoms with Crippen LogP contribution in [0.4, 0.5) is 5.69 Å². The third-order valence-electron chi connectivity index (χ3n) is 8.00. The molecule has 2 N–H and O–H groups in total. The zero-order valence-corrected chi connectivity index (χ0v) is 24.8. The molecule has 3 aromatic heterocycles. The van der Waals surface area contributed by atoms with Crippen molar-refractivity contribution in [3.8, 4) is 16.9 Å². The van der Waals surface area contributed by atoms with Gasteiger partial charge >= 0.3 is 0 Å². The first-order valence-corrected chi connectivity index (χ1v) is 14.6. The van der Waals surface area contributed by atoms with Gasteiger partial charge in [0, 0.05) is 17.1 Å². The van der Waals surface area contributed by atoms with Gasteiger partial charge in [-0.3, -0.25) is 19.5 Å². The Labute approximate surface area is 249 Å². The fraction of sp³-hybridized carbons (Fsp3) is 0.387. The number of likely N-dealkylation sites (tertiary alicyclic amines) is 1. The largest absolute Gasteiger partial charge is 0.482 e. The van der Waals surface area contributed by atoms with Crippen LogP contribution in [0, 0.1) is 5.92 Å². The van der Waals surface area contributed by atoms with Crippen molar-refractivity contribution in [2.24, 2.45) is 11.7 Å². The zero-order valence-electron chi connectivity index (χ0n) is 24.0. The number of nitrogens with zero attached hydrogens (tertiary/aromatic N) is 6. The van der Waals surface area contributed by atoms with E-state index >= 15 is 0 Å². The number of ether oxygens (including phenoxy) is 1. The van der Waals surface area contributed by atoms with Crippen molar-refractivity contribution in [2.75, 3.05) is 31.6 Å². The van der Waals surface area contributed by atoms with Gasteiger partial charge < -0.3 is 15.4 Å². The van der Waals surface area contributed by atoms with Crippen molar-refractivity contribution in [3.05, 3.63) is 64.7 Å². The molecule has 11 heteroatoms. The molecule has 1 fully saturated rings. The predicted molar refractivity (Wildman–Crippen MR) is 162 cm³/mol. The van der Waals surface area contributed by atoms with Crippen molar-refractivity contribution in [1.29, 1.82) is 0 Å². The highest BCUT2D eigenvalue weighted by Crippen LogP contribution is 2.41. The molecule has 0 radical (unpaired) electrons. The van der Waals surface area contributed by atoms with Crippen LogP contribution in [0.25, 0.3) is 22.2 Å². The molecule has 6 rings (SSSR count). The van der Waals surface area contributed by atoms with Gasteiger partial charge in [0.1, 0.15) is 5.75 Å².